The van der Waals surface area contributed by atoms with Crippen molar-refractivity contribution in [3.63, 3.8) is 0 Å². The summed E-state index contributed by atoms with van der Waals surface area (Å²) in [5.41, 5.74) is 0.392. The molecule has 0 atom stereocenters. The van der Waals surface area contributed by atoms with E-state index < -0.39 is 5.82 Å². The first-order chi connectivity index (χ1) is 9.02. The minimum absolute atomic E-state index is 0.0952. The Hall–Kier alpha value is -1.69. The highest BCUT2D eigenvalue weighted by molar-refractivity contribution is 9.10. The molecule has 1 aromatic heterocycles. The van der Waals surface area contributed by atoms with Crippen LogP contribution in [0.25, 0.3) is 11.5 Å². The molecule has 1 heterocycles. The molecule has 0 saturated carbocycles. The highest BCUT2D eigenvalue weighted by Crippen LogP contribution is 2.25. The standard InChI is InChI=1S/C13H12BrFN2O2/c1-3-17(2)13(18)11-7-19-12(16-11)9-5-4-8(14)6-10(9)15/h4-7H,3H2,1-2H3. The highest BCUT2D eigenvalue weighted by atomic mass is 79.9. The van der Waals surface area contributed by atoms with Crippen LogP contribution in [0.1, 0.15) is 17.4 Å². The van der Waals surface area contributed by atoms with Crippen LogP contribution >= 0.6 is 15.9 Å². The van der Waals surface area contributed by atoms with Crippen molar-refractivity contribution < 1.29 is 13.6 Å². The Balaban J connectivity index is 2.33. The minimum atomic E-state index is -0.459. The van der Waals surface area contributed by atoms with Gasteiger partial charge < -0.3 is 9.32 Å². The highest BCUT2D eigenvalue weighted by Gasteiger charge is 2.18. The number of rotatable bonds is 3. The van der Waals surface area contributed by atoms with Crippen LogP contribution in [0.5, 0.6) is 0 Å². The number of oxazole rings is 1. The Kier molecular flexibility index (Phi) is 3.99. The molecule has 1 aromatic carbocycles. The van der Waals surface area contributed by atoms with Crippen molar-refractivity contribution in [3.05, 3.63) is 40.4 Å². The van der Waals surface area contributed by atoms with Crippen LogP contribution in [-0.2, 0) is 0 Å². The van der Waals surface area contributed by atoms with Crippen LogP contribution in [0.3, 0.4) is 0 Å². The molecule has 0 radical (unpaired) electrons. The quantitative estimate of drug-likeness (QED) is 0.869. The molecule has 19 heavy (non-hydrogen) atoms. The molecule has 0 bridgehead atoms. The normalized spacial score (nSPS) is 10.5. The second kappa shape index (κ2) is 5.52. The van der Waals surface area contributed by atoms with Crippen LogP contribution in [0.15, 0.2) is 33.4 Å². The summed E-state index contributed by atoms with van der Waals surface area (Å²) in [5.74, 6) is -0.619. The van der Waals surface area contributed by atoms with Crippen molar-refractivity contribution in [1.29, 1.82) is 0 Å². The third-order valence-corrected chi connectivity index (χ3v) is 3.20. The van der Waals surface area contributed by atoms with Crippen LogP contribution in [-0.4, -0.2) is 29.4 Å². The Bertz CT molecular complexity index is 612. The van der Waals surface area contributed by atoms with Crippen molar-refractivity contribution in [2.75, 3.05) is 13.6 Å². The zero-order chi connectivity index (χ0) is 14.0. The lowest BCUT2D eigenvalue weighted by Crippen LogP contribution is -2.26. The number of carbonyl (C=O) groups is 1. The van der Waals surface area contributed by atoms with E-state index in [0.29, 0.717) is 11.0 Å². The van der Waals surface area contributed by atoms with Gasteiger partial charge in [-0.3, -0.25) is 4.79 Å². The molecule has 0 aliphatic rings. The average Bonchev–Trinajstić information content (AvgIpc) is 2.86. The lowest BCUT2D eigenvalue weighted by molar-refractivity contribution is 0.0796. The van der Waals surface area contributed by atoms with Gasteiger partial charge in [-0.2, -0.15) is 0 Å². The predicted molar refractivity (Wildman–Crippen MR) is 72.2 cm³/mol. The van der Waals surface area contributed by atoms with Gasteiger partial charge in [0.2, 0.25) is 5.89 Å². The Morgan fingerprint density at radius 2 is 2.26 bits per heavy atom. The summed E-state index contributed by atoms with van der Waals surface area (Å²) in [6.07, 6.45) is 1.24. The number of hydrogen-bond acceptors (Lipinski definition) is 3. The van der Waals surface area contributed by atoms with E-state index in [4.69, 9.17) is 4.42 Å². The van der Waals surface area contributed by atoms with E-state index in [1.54, 1.807) is 19.2 Å². The van der Waals surface area contributed by atoms with E-state index in [0.717, 1.165) is 0 Å². The smallest absolute Gasteiger partial charge is 0.275 e. The summed E-state index contributed by atoms with van der Waals surface area (Å²) in [4.78, 5) is 17.4. The van der Waals surface area contributed by atoms with E-state index in [1.165, 1.54) is 17.2 Å². The fraction of sp³-hybridized carbons (Fsp3) is 0.231. The molecule has 0 saturated heterocycles. The number of carbonyl (C=O) groups excluding carboxylic acids is 1. The lowest BCUT2D eigenvalue weighted by atomic mass is 10.2. The van der Waals surface area contributed by atoms with Crippen LogP contribution < -0.4 is 0 Å². The van der Waals surface area contributed by atoms with Crippen molar-refractivity contribution in [2.45, 2.75) is 6.92 Å². The van der Waals surface area contributed by atoms with Gasteiger partial charge in [-0.1, -0.05) is 15.9 Å². The summed E-state index contributed by atoms with van der Waals surface area (Å²) >= 11 is 3.17. The van der Waals surface area contributed by atoms with Crippen molar-refractivity contribution in [2.24, 2.45) is 0 Å². The second-order valence-corrected chi connectivity index (χ2v) is 4.90. The zero-order valence-electron chi connectivity index (χ0n) is 10.5. The lowest BCUT2D eigenvalue weighted by Gasteiger charge is -2.11. The Morgan fingerprint density at radius 3 is 2.89 bits per heavy atom. The maximum absolute atomic E-state index is 13.7. The first-order valence-corrected chi connectivity index (χ1v) is 6.48. The molecular formula is C13H12BrFN2O2. The molecule has 0 fully saturated rings. The molecule has 0 aliphatic heterocycles. The molecule has 0 spiro atoms. The van der Waals surface area contributed by atoms with Crippen molar-refractivity contribution in [1.82, 2.24) is 9.88 Å². The van der Waals surface area contributed by atoms with E-state index in [1.807, 2.05) is 6.92 Å². The predicted octanol–water partition coefficient (Wildman–Crippen LogP) is 3.34. The molecular weight excluding hydrogens is 315 g/mol. The summed E-state index contributed by atoms with van der Waals surface area (Å²) < 4.78 is 19.5. The molecule has 4 nitrogen and oxygen atoms in total. The maximum Gasteiger partial charge on any atom is 0.275 e. The monoisotopic (exact) mass is 326 g/mol. The van der Waals surface area contributed by atoms with Gasteiger partial charge in [-0.05, 0) is 25.1 Å². The van der Waals surface area contributed by atoms with Gasteiger partial charge in [0.05, 0.1) is 5.56 Å². The summed E-state index contributed by atoms with van der Waals surface area (Å²) in [6, 6.07) is 4.55. The third-order valence-electron chi connectivity index (χ3n) is 2.71. The van der Waals surface area contributed by atoms with E-state index >= 15 is 0 Å². The number of amides is 1. The summed E-state index contributed by atoms with van der Waals surface area (Å²) in [7, 11) is 1.66. The number of halogens is 2. The van der Waals surface area contributed by atoms with Gasteiger partial charge in [0, 0.05) is 18.1 Å². The molecule has 100 valence electrons. The first kappa shape index (κ1) is 13.7. The van der Waals surface area contributed by atoms with E-state index in [2.05, 4.69) is 20.9 Å². The zero-order valence-corrected chi connectivity index (χ0v) is 12.1. The fourth-order valence-electron chi connectivity index (χ4n) is 1.50. The second-order valence-electron chi connectivity index (χ2n) is 3.98. The van der Waals surface area contributed by atoms with Crippen LogP contribution in [0, 0.1) is 5.82 Å². The molecule has 0 N–H and O–H groups in total. The number of aromatic nitrogens is 1. The molecule has 2 aromatic rings. The summed E-state index contributed by atoms with van der Waals surface area (Å²) in [6.45, 7) is 2.42. The molecule has 6 heteroatoms. The van der Waals surface area contributed by atoms with Gasteiger partial charge in [0.15, 0.2) is 5.69 Å². The molecule has 0 aliphatic carbocycles. The molecule has 1 amide bonds. The number of nitrogens with zero attached hydrogens (tertiary/aromatic N) is 2. The third kappa shape index (κ3) is 2.84. The SMILES string of the molecule is CCN(C)C(=O)c1coc(-c2ccc(Br)cc2F)n1. The van der Waals surface area contributed by atoms with Crippen LogP contribution in [0.4, 0.5) is 4.39 Å². The minimum Gasteiger partial charge on any atom is -0.444 e. The van der Waals surface area contributed by atoms with Crippen LogP contribution in [0.2, 0.25) is 0 Å². The average molecular weight is 327 g/mol. The summed E-state index contributed by atoms with van der Waals surface area (Å²) in [5, 5.41) is 0. The van der Waals surface area contributed by atoms with Gasteiger partial charge in [-0.25, -0.2) is 9.37 Å². The molecule has 2 rings (SSSR count). The Morgan fingerprint density at radius 1 is 1.53 bits per heavy atom. The molecule has 0 unspecified atom stereocenters. The topological polar surface area (TPSA) is 46.3 Å². The van der Waals surface area contributed by atoms with Gasteiger partial charge in [0.25, 0.3) is 5.91 Å². The van der Waals surface area contributed by atoms with Crippen molar-refractivity contribution in [3.8, 4) is 11.5 Å². The number of benzene rings is 1. The van der Waals surface area contributed by atoms with E-state index in [-0.39, 0.29) is 23.1 Å². The maximum atomic E-state index is 13.7. The first-order valence-electron chi connectivity index (χ1n) is 5.69. The van der Waals surface area contributed by atoms with Gasteiger partial charge in [-0.15, -0.1) is 0 Å². The van der Waals surface area contributed by atoms with E-state index in [9.17, 15) is 9.18 Å². The van der Waals surface area contributed by atoms with Crippen molar-refractivity contribution >= 4 is 21.8 Å². The van der Waals surface area contributed by atoms with Gasteiger partial charge in [0.1, 0.15) is 12.1 Å². The number of hydrogen-bond donors (Lipinski definition) is 0. The largest absolute Gasteiger partial charge is 0.444 e. The fourth-order valence-corrected chi connectivity index (χ4v) is 1.83. The Labute approximate surface area is 118 Å². The van der Waals surface area contributed by atoms with Gasteiger partial charge >= 0.3 is 0 Å².